The Kier molecular flexibility index (Phi) is 8.53. The second-order valence-electron chi connectivity index (χ2n) is 2.55. The van der Waals surface area contributed by atoms with E-state index in [1.54, 1.807) is 0 Å². The van der Waals surface area contributed by atoms with Crippen molar-refractivity contribution < 1.29 is 89.1 Å². The number of hydrogen-bond acceptors (Lipinski definition) is 4. The Labute approximate surface area is 145 Å². The Balaban J connectivity index is 0. The molecule has 0 aromatic heterocycles. The van der Waals surface area contributed by atoms with Gasteiger partial charge in [-0.15, -0.1) is 5.75 Å². The summed E-state index contributed by atoms with van der Waals surface area (Å²) in [6.07, 6.45) is 0. The SMILES string of the molecule is O=C(O)c1cc(C(=O)O)c(Cl)c([O-])c1[O-].[Na+].[Na+]. The summed E-state index contributed by atoms with van der Waals surface area (Å²) in [7, 11) is 0. The quantitative estimate of drug-likeness (QED) is 0.519. The minimum Gasteiger partial charge on any atom is -0.872 e. The largest absolute Gasteiger partial charge is 1.00 e. The first-order valence-corrected chi connectivity index (χ1v) is 3.91. The van der Waals surface area contributed by atoms with Gasteiger partial charge in [-0.2, -0.15) is 0 Å². The number of aromatic carboxylic acids is 2. The van der Waals surface area contributed by atoms with Crippen LogP contribution in [-0.2, 0) is 0 Å². The first-order chi connectivity index (χ1) is 6.86. The van der Waals surface area contributed by atoms with E-state index in [0.717, 1.165) is 0 Å². The van der Waals surface area contributed by atoms with Crippen LogP contribution in [0.1, 0.15) is 20.7 Å². The van der Waals surface area contributed by atoms with Crippen LogP contribution in [-0.4, -0.2) is 22.2 Å². The number of carboxylic acid groups (broad SMARTS) is 2. The summed E-state index contributed by atoms with van der Waals surface area (Å²) in [6.45, 7) is 0. The predicted molar refractivity (Wildman–Crippen MR) is 44.3 cm³/mol. The second kappa shape index (κ2) is 7.48. The molecular weight excluding hydrogens is 274 g/mol. The maximum absolute atomic E-state index is 11.0. The fraction of sp³-hybridized carbons (Fsp3) is 0. The molecule has 0 aliphatic carbocycles. The second-order valence-corrected chi connectivity index (χ2v) is 2.93. The normalized spacial score (nSPS) is 8.76. The standard InChI is InChI=1S/C8H5ClO6.2Na/c9-4-2(7(12)13)1-3(8(14)15)5(10)6(4)11;;/h1,10-11H,(H,12,13)(H,14,15);;/q;2*+1/p-2. The average Bonchev–Trinajstić information content (AvgIpc) is 2.13. The van der Waals surface area contributed by atoms with Gasteiger partial charge in [-0.25, -0.2) is 9.59 Å². The zero-order valence-corrected chi connectivity index (χ0v) is 13.7. The molecule has 0 amide bonds. The summed E-state index contributed by atoms with van der Waals surface area (Å²) < 4.78 is 0. The van der Waals surface area contributed by atoms with Crippen molar-refractivity contribution in [1.82, 2.24) is 0 Å². The number of hydrogen-bond donors (Lipinski definition) is 2. The first kappa shape index (κ1) is 19.4. The zero-order valence-electron chi connectivity index (χ0n) is 8.98. The van der Waals surface area contributed by atoms with E-state index in [2.05, 4.69) is 0 Å². The van der Waals surface area contributed by atoms with Crippen LogP contribution in [0, 0.1) is 0 Å². The third-order valence-corrected chi connectivity index (χ3v) is 2.01. The molecule has 0 atom stereocenters. The van der Waals surface area contributed by atoms with Gasteiger partial charge in [0, 0.05) is 5.02 Å². The number of rotatable bonds is 2. The average molecular weight is 277 g/mol. The van der Waals surface area contributed by atoms with Gasteiger partial charge >= 0.3 is 71.1 Å². The van der Waals surface area contributed by atoms with Gasteiger partial charge in [0.15, 0.2) is 0 Å². The van der Waals surface area contributed by atoms with Crippen molar-refractivity contribution in [3.8, 4) is 11.5 Å². The monoisotopic (exact) mass is 276 g/mol. The predicted octanol–water partition coefficient (Wildman–Crippen LogP) is -6.11. The van der Waals surface area contributed by atoms with Gasteiger partial charge in [0.25, 0.3) is 0 Å². The maximum Gasteiger partial charge on any atom is 1.00 e. The Bertz CT molecular complexity index is 424. The van der Waals surface area contributed by atoms with Gasteiger partial charge in [-0.1, -0.05) is 17.4 Å². The fourth-order valence-corrected chi connectivity index (χ4v) is 1.15. The molecule has 0 fully saturated rings. The maximum atomic E-state index is 11.0. The summed E-state index contributed by atoms with van der Waals surface area (Å²) in [4.78, 5) is 21.0. The molecule has 0 aliphatic heterocycles. The molecule has 0 radical (unpaired) electrons. The van der Waals surface area contributed by atoms with Crippen LogP contribution in [0.25, 0.3) is 0 Å². The number of carbonyl (C=O) groups is 2. The van der Waals surface area contributed by atoms with E-state index >= 15 is 0 Å². The van der Waals surface area contributed by atoms with E-state index in [4.69, 9.17) is 21.8 Å². The fourth-order valence-electron chi connectivity index (χ4n) is 0.932. The molecule has 9 heteroatoms. The summed E-state index contributed by atoms with van der Waals surface area (Å²) in [6, 6.07) is 0.566. The first-order valence-electron chi connectivity index (χ1n) is 3.53. The molecular formula is C8H3ClNa2O6. The smallest absolute Gasteiger partial charge is 0.872 e. The van der Waals surface area contributed by atoms with E-state index in [0.29, 0.717) is 6.07 Å². The van der Waals surface area contributed by atoms with E-state index in [-0.39, 0.29) is 59.1 Å². The molecule has 1 rings (SSSR count). The number of carboxylic acids is 2. The van der Waals surface area contributed by atoms with E-state index in [1.807, 2.05) is 0 Å². The molecule has 1 aromatic carbocycles. The summed E-state index contributed by atoms with van der Waals surface area (Å²) >= 11 is 5.28. The third-order valence-electron chi connectivity index (χ3n) is 1.64. The molecule has 80 valence electrons. The van der Waals surface area contributed by atoms with Crippen molar-refractivity contribution in [2.45, 2.75) is 0 Å². The van der Waals surface area contributed by atoms with Crippen LogP contribution in [0.4, 0.5) is 0 Å². The van der Waals surface area contributed by atoms with E-state index < -0.39 is 39.6 Å². The minimum absolute atomic E-state index is 0. The van der Waals surface area contributed by atoms with Crippen LogP contribution in [0.5, 0.6) is 11.5 Å². The molecule has 17 heavy (non-hydrogen) atoms. The molecule has 0 saturated heterocycles. The Morgan fingerprint density at radius 2 is 1.41 bits per heavy atom. The van der Waals surface area contributed by atoms with Crippen LogP contribution >= 0.6 is 11.6 Å². The van der Waals surface area contributed by atoms with Crippen molar-refractivity contribution in [3.05, 3.63) is 22.2 Å². The van der Waals surface area contributed by atoms with Crippen LogP contribution < -0.4 is 69.3 Å². The van der Waals surface area contributed by atoms with E-state index in [9.17, 15) is 19.8 Å². The third kappa shape index (κ3) is 4.03. The topological polar surface area (TPSA) is 121 Å². The van der Waals surface area contributed by atoms with Gasteiger partial charge in [0.2, 0.25) is 0 Å². The van der Waals surface area contributed by atoms with Crippen molar-refractivity contribution in [2.75, 3.05) is 0 Å². The Hall–Kier alpha value is 0.0500. The van der Waals surface area contributed by atoms with E-state index in [1.165, 1.54) is 0 Å². The Morgan fingerprint density at radius 3 is 1.76 bits per heavy atom. The van der Waals surface area contributed by atoms with Crippen LogP contribution in [0.15, 0.2) is 6.07 Å². The van der Waals surface area contributed by atoms with Gasteiger partial charge in [0.05, 0.1) is 11.1 Å². The number of benzene rings is 1. The van der Waals surface area contributed by atoms with Gasteiger partial charge < -0.3 is 20.4 Å². The van der Waals surface area contributed by atoms with Crippen LogP contribution in [0.3, 0.4) is 0 Å². The van der Waals surface area contributed by atoms with Crippen LogP contribution in [0.2, 0.25) is 5.02 Å². The molecule has 2 N–H and O–H groups in total. The summed E-state index contributed by atoms with van der Waals surface area (Å²) in [5.41, 5.74) is -1.60. The molecule has 0 heterocycles. The molecule has 6 nitrogen and oxygen atoms in total. The van der Waals surface area contributed by atoms with Crippen molar-refractivity contribution >= 4 is 23.5 Å². The van der Waals surface area contributed by atoms with Crippen molar-refractivity contribution in [3.63, 3.8) is 0 Å². The molecule has 0 bridgehead atoms. The van der Waals surface area contributed by atoms with Gasteiger partial charge in [-0.3, -0.25) is 0 Å². The van der Waals surface area contributed by atoms with Crippen molar-refractivity contribution in [1.29, 1.82) is 0 Å². The zero-order chi connectivity index (χ0) is 11.7. The number of halogens is 1. The van der Waals surface area contributed by atoms with Gasteiger partial charge in [-0.05, 0) is 6.07 Å². The summed E-state index contributed by atoms with van der Waals surface area (Å²) in [5.74, 6) is -5.89. The van der Waals surface area contributed by atoms with Gasteiger partial charge in [0.1, 0.15) is 0 Å². The molecule has 1 aromatic rings. The minimum atomic E-state index is -1.67. The van der Waals surface area contributed by atoms with Crippen molar-refractivity contribution in [2.24, 2.45) is 0 Å². The molecule has 0 saturated carbocycles. The summed E-state index contributed by atoms with van der Waals surface area (Å²) in [5, 5.41) is 38.4. The molecule has 0 spiro atoms. The molecule has 0 aliphatic rings. The Morgan fingerprint density at radius 1 is 1.00 bits per heavy atom. The molecule has 0 unspecified atom stereocenters.